The van der Waals surface area contributed by atoms with Gasteiger partial charge in [-0.15, -0.1) is 0 Å². The van der Waals surface area contributed by atoms with Gasteiger partial charge in [0.15, 0.2) is 6.54 Å². The first-order valence-electron chi connectivity index (χ1n) is 6.80. The molecule has 0 unspecified atom stereocenters. The lowest BCUT2D eigenvalue weighted by Crippen LogP contribution is -2.86. The van der Waals surface area contributed by atoms with Crippen LogP contribution in [0, 0.1) is 5.82 Å². The van der Waals surface area contributed by atoms with Crippen molar-refractivity contribution >= 4 is 34.8 Å². The molecule has 116 valence electrons. The number of carbonyl (C=O) groups excluding carboxylic acids is 1. The van der Waals surface area contributed by atoms with Crippen LogP contribution in [-0.2, 0) is 4.79 Å². The second-order valence-electron chi connectivity index (χ2n) is 4.92. The molecule has 0 aromatic heterocycles. The van der Waals surface area contributed by atoms with Crippen LogP contribution in [0.1, 0.15) is 18.5 Å². The molecule has 0 bridgehead atoms. The van der Waals surface area contributed by atoms with Crippen molar-refractivity contribution in [3.8, 4) is 0 Å². The van der Waals surface area contributed by atoms with Crippen LogP contribution in [0.25, 0.3) is 0 Å². The van der Waals surface area contributed by atoms with Gasteiger partial charge >= 0.3 is 0 Å². The highest BCUT2D eigenvalue weighted by Crippen LogP contribution is 2.20. The van der Waals surface area contributed by atoms with Gasteiger partial charge < -0.3 is 10.6 Å². The maximum Gasteiger partial charge on any atom is 0.279 e. The summed E-state index contributed by atoms with van der Waals surface area (Å²) in [4.78, 5) is 11.9. The summed E-state index contributed by atoms with van der Waals surface area (Å²) >= 11 is 11.8. The van der Waals surface area contributed by atoms with Crippen LogP contribution in [0.15, 0.2) is 42.5 Å². The molecule has 0 saturated carbocycles. The standard InChI is InChI=1S/C16H15Cl2FN2O/c1-10(12-4-2-3-5-13(12)18)20-9-16(22)21-15-7-6-11(17)8-14(15)19/h2-8,10,20H,9H2,1H3,(H,21,22)/p+1/t10-/m1/s1. The van der Waals surface area contributed by atoms with Crippen LogP contribution in [0.2, 0.25) is 10.0 Å². The normalized spacial score (nSPS) is 12.0. The van der Waals surface area contributed by atoms with Gasteiger partial charge in [0.1, 0.15) is 11.9 Å². The number of benzene rings is 2. The Morgan fingerprint density at radius 3 is 2.68 bits per heavy atom. The monoisotopic (exact) mass is 341 g/mol. The third kappa shape index (κ3) is 4.44. The minimum atomic E-state index is -0.556. The molecule has 0 aliphatic heterocycles. The van der Waals surface area contributed by atoms with Crippen LogP contribution in [0.4, 0.5) is 10.1 Å². The number of hydrogen-bond acceptors (Lipinski definition) is 1. The van der Waals surface area contributed by atoms with Gasteiger partial charge in [0.2, 0.25) is 0 Å². The fraction of sp³-hybridized carbons (Fsp3) is 0.188. The van der Waals surface area contributed by atoms with Gasteiger partial charge in [0.05, 0.1) is 5.69 Å². The Morgan fingerprint density at radius 1 is 1.27 bits per heavy atom. The molecule has 2 aromatic rings. The minimum Gasteiger partial charge on any atom is -0.332 e. The van der Waals surface area contributed by atoms with E-state index in [2.05, 4.69) is 5.32 Å². The van der Waals surface area contributed by atoms with Gasteiger partial charge in [-0.05, 0) is 31.2 Å². The Labute approximate surface area is 138 Å². The lowest BCUT2D eigenvalue weighted by atomic mass is 10.1. The Balaban J connectivity index is 1.91. The first-order chi connectivity index (χ1) is 10.5. The molecule has 1 atom stereocenters. The van der Waals surface area contributed by atoms with Gasteiger partial charge in [-0.1, -0.05) is 41.4 Å². The van der Waals surface area contributed by atoms with E-state index in [1.807, 2.05) is 36.5 Å². The molecular formula is C16H16Cl2FN2O+. The second-order valence-corrected chi connectivity index (χ2v) is 5.77. The largest absolute Gasteiger partial charge is 0.332 e. The highest BCUT2D eigenvalue weighted by molar-refractivity contribution is 6.31. The Bertz CT molecular complexity index is 679. The number of nitrogens with one attached hydrogen (secondary N) is 1. The van der Waals surface area contributed by atoms with Crippen molar-refractivity contribution in [1.29, 1.82) is 0 Å². The van der Waals surface area contributed by atoms with Crippen molar-refractivity contribution in [2.75, 3.05) is 11.9 Å². The molecule has 0 aliphatic rings. The predicted molar refractivity (Wildman–Crippen MR) is 86.7 cm³/mol. The molecule has 3 N–H and O–H groups in total. The summed E-state index contributed by atoms with van der Waals surface area (Å²) in [5, 5.41) is 5.31. The van der Waals surface area contributed by atoms with Crippen LogP contribution in [-0.4, -0.2) is 12.5 Å². The van der Waals surface area contributed by atoms with E-state index in [0.717, 1.165) is 11.6 Å². The van der Waals surface area contributed by atoms with E-state index in [4.69, 9.17) is 23.2 Å². The van der Waals surface area contributed by atoms with E-state index < -0.39 is 5.82 Å². The highest BCUT2D eigenvalue weighted by atomic mass is 35.5. The third-order valence-corrected chi connectivity index (χ3v) is 3.84. The fourth-order valence-corrected chi connectivity index (χ4v) is 2.51. The lowest BCUT2D eigenvalue weighted by molar-refractivity contribution is -0.682. The molecule has 0 aliphatic carbocycles. The summed E-state index contributed by atoms with van der Waals surface area (Å²) in [6, 6.07) is 11.6. The summed E-state index contributed by atoms with van der Waals surface area (Å²) in [6.45, 7) is 2.12. The number of carbonyl (C=O) groups is 1. The lowest BCUT2D eigenvalue weighted by Gasteiger charge is -2.12. The maximum atomic E-state index is 13.6. The molecule has 0 saturated heterocycles. The number of anilines is 1. The van der Waals surface area contributed by atoms with E-state index >= 15 is 0 Å². The topological polar surface area (TPSA) is 45.7 Å². The molecule has 1 amide bonds. The molecular weight excluding hydrogens is 326 g/mol. The molecule has 2 aromatic carbocycles. The van der Waals surface area contributed by atoms with Crippen molar-refractivity contribution in [1.82, 2.24) is 0 Å². The van der Waals surface area contributed by atoms with E-state index in [-0.39, 0.29) is 29.2 Å². The van der Waals surface area contributed by atoms with Crippen molar-refractivity contribution in [2.45, 2.75) is 13.0 Å². The van der Waals surface area contributed by atoms with Crippen LogP contribution < -0.4 is 10.6 Å². The number of amides is 1. The zero-order valence-electron chi connectivity index (χ0n) is 11.9. The Morgan fingerprint density at radius 2 is 2.00 bits per heavy atom. The zero-order chi connectivity index (χ0) is 16.1. The molecule has 3 nitrogen and oxygen atoms in total. The summed E-state index contributed by atoms with van der Waals surface area (Å²) in [5.41, 5.74) is 1.07. The van der Waals surface area contributed by atoms with Crippen molar-refractivity contribution in [3.63, 3.8) is 0 Å². The molecule has 0 heterocycles. The van der Waals surface area contributed by atoms with E-state index in [9.17, 15) is 9.18 Å². The molecule has 6 heteroatoms. The number of halogens is 3. The number of nitrogens with two attached hydrogens (primary N) is 1. The minimum absolute atomic E-state index is 0.0227. The van der Waals surface area contributed by atoms with Gasteiger partial charge in [0, 0.05) is 15.6 Å². The third-order valence-electron chi connectivity index (χ3n) is 3.26. The summed E-state index contributed by atoms with van der Waals surface area (Å²) < 4.78 is 13.6. The molecule has 0 fully saturated rings. The number of rotatable bonds is 5. The van der Waals surface area contributed by atoms with E-state index in [0.29, 0.717) is 5.02 Å². The SMILES string of the molecule is C[C@@H]([NH2+]CC(=O)Nc1ccc(Cl)cc1F)c1ccccc1Cl. The van der Waals surface area contributed by atoms with Crippen LogP contribution in [0.3, 0.4) is 0 Å². The average Bonchev–Trinajstić information content (AvgIpc) is 2.48. The van der Waals surface area contributed by atoms with Gasteiger partial charge in [0.25, 0.3) is 5.91 Å². The summed E-state index contributed by atoms with van der Waals surface area (Å²) in [5.74, 6) is -0.847. The van der Waals surface area contributed by atoms with E-state index in [1.165, 1.54) is 12.1 Å². The van der Waals surface area contributed by atoms with Crippen LogP contribution in [0.5, 0.6) is 0 Å². The fourth-order valence-electron chi connectivity index (χ4n) is 2.05. The Kier molecular flexibility index (Phi) is 5.77. The van der Waals surface area contributed by atoms with Crippen LogP contribution >= 0.6 is 23.2 Å². The molecule has 2 rings (SSSR count). The van der Waals surface area contributed by atoms with Crippen molar-refractivity contribution in [3.05, 3.63) is 63.9 Å². The van der Waals surface area contributed by atoms with Crippen molar-refractivity contribution < 1.29 is 14.5 Å². The molecule has 0 spiro atoms. The smallest absolute Gasteiger partial charge is 0.279 e. The van der Waals surface area contributed by atoms with Gasteiger partial charge in [-0.25, -0.2) is 4.39 Å². The summed E-state index contributed by atoms with van der Waals surface area (Å²) in [6.07, 6.45) is 0. The first-order valence-corrected chi connectivity index (χ1v) is 7.55. The Hall–Kier alpha value is -1.62. The summed E-state index contributed by atoms with van der Waals surface area (Å²) in [7, 11) is 0. The molecule has 22 heavy (non-hydrogen) atoms. The highest BCUT2D eigenvalue weighted by Gasteiger charge is 2.15. The molecule has 0 radical (unpaired) electrons. The maximum absolute atomic E-state index is 13.6. The van der Waals surface area contributed by atoms with Crippen molar-refractivity contribution in [2.24, 2.45) is 0 Å². The zero-order valence-corrected chi connectivity index (χ0v) is 13.5. The predicted octanol–water partition coefficient (Wildman–Crippen LogP) is 3.40. The second kappa shape index (κ2) is 7.58. The van der Waals surface area contributed by atoms with Gasteiger partial charge in [-0.3, -0.25) is 4.79 Å². The first kappa shape index (κ1) is 16.7. The van der Waals surface area contributed by atoms with Gasteiger partial charge in [-0.2, -0.15) is 0 Å². The quantitative estimate of drug-likeness (QED) is 0.860. The average molecular weight is 342 g/mol. The number of hydrogen-bond donors (Lipinski definition) is 2. The van der Waals surface area contributed by atoms with E-state index in [1.54, 1.807) is 0 Å². The number of quaternary nitrogens is 1.